The number of hydrogen-bond donors (Lipinski definition) is 0. The van der Waals surface area contributed by atoms with E-state index in [0.29, 0.717) is 0 Å². The fourth-order valence-corrected chi connectivity index (χ4v) is 2.58. The minimum atomic E-state index is 0.995. The van der Waals surface area contributed by atoms with Crippen LogP contribution in [0.5, 0.6) is 0 Å². The Balaban J connectivity index is 1.98. The Morgan fingerprint density at radius 1 is 1.00 bits per heavy atom. The number of para-hydroxylation sites is 1. The quantitative estimate of drug-likeness (QED) is 0.639. The molecule has 0 saturated carbocycles. The molecule has 0 spiro atoms. The van der Waals surface area contributed by atoms with Crippen LogP contribution in [0.25, 0.3) is 21.9 Å². The van der Waals surface area contributed by atoms with E-state index in [4.69, 9.17) is 0 Å². The lowest BCUT2D eigenvalue weighted by molar-refractivity contribution is 0.592. The van der Waals surface area contributed by atoms with E-state index in [1.54, 1.807) is 0 Å². The maximum absolute atomic E-state index is 4.47. The molecule has 3 nitrogen and oxygen atoms in total. The summed E-state index contributed by atoms with van der Waals surface area (Å²) in [5, 5.41) is 1.20. The molecule has 0 N–H and O–H groups in total. The van der Waals surface area contributed by atoms with Crippen molar-refractivity contribution in [3.05, 3.63) is 36.8 Å². The number of benzene rings is 1. The molecule has 3 rings (SSSR count). The number of rotatable bonds is 5. The Labute approximate surface area is 113 Å². The molecule has 3 aromatic rings. The lowest BCUT2D eigenvalue weighted by Crippen LogP contribution is -1.97. The van der Waals surface area contributed by atoms with E-state index in [-0.39, 0.29) is 0 Å². The van der Waals surface area contributed by atoms with E-state index in [1.165, 1.54) is 36.6 Å². The lowest BCUT2D eigenvalue weighted by Gasteiger charge is -2.06. The Hall–Kier alpha value is -1.90. The highest BCUT2D eigenvalue weighted by molar-refractivity contribution is 6.01. The molecule has 1 aromatic carbocycles. The number of hydrogen-bond acceptors (Lipinski definition) is 2. The van der Waals surface area contributed by atoms with Gasteiger partial charge < -0.3 is 4.57 Å². The Morgan fingerprint density at radius 3 is 2.79 bits per heavy atom. The number of aromatic nitrogens is 3. The molecular formula is C16H19N3. The second kappa shape index (κ2) is 5.39. The first-order valence-corrected chi connectivity index (χ1v) is 7.08. The van der Waals surface area contributed by atoms with Crippen molar-refractivity contribution < 1.29 is 0 Å². The minimum absolute atomic E-state index is 0.995. The van der Waals surface area contributed by atoms with E-state index in [2.05, 4.69) is 39.7 Å². The summed E-state index contributed by atoms with van der Waals surface area (Å²) in [6, 6.07) is 8.29. The molecule has 0 unspecified atom stereocenters. The van der Waals surface area contributed by atoms with Gasteiger partial charge in [-0.1, -0.05) is 44.4 Å². The fraction of sp³-hybridized carbons (Fsp3) is 0.375. The first-order valence-electron chi connectivity index (χ1n) is 7.08. The Kier molecular flexibility index (Phi) is 3.45. The standard InChI is InChI=1S/C16H19N3/c1-2-3-4-7-10-19-12-18-15-11-17-14-9-6-5-8-13(14)16(15)19/h5-6,8-9,11-12H,2-4,7,10H2,1H3. The van der Waals surface area contributed by atoms with Crippen LogP contribution < -0.4 is 0 Å². The fourth-order valence-electron chi connectivity index (χ4n) is 2.58. The second-order valence-corrected chi connectivity index (χ2v) is 5.01. The third-order valence-corrected chi connectivity index (χ3v) is 3.60. The highest BCUT2D eigenvalue weighted by Crippen LogP contribution is 2.23. The van der Waals surface area contributed by atoms with Gasteiger partial charge in [0, 0.05) is 11.9 Å². The first-order chi connectivity index (χ1) is 9.40. The molecule has 0 aliphatic carbocycles. The Morgan fingerprint density at radius 2 is 1.89 bits per heavy atom. The van der Waals surface area contributed by atoms with Crippen molar-refractivity contribution in [3.63, 3.8) is 0 Å². The molecule has 0 radical (unpaired) electrons. The molecule has 2 heterocycles. The van der Waals surface area contributed by atoms with Gasteiger partial charge in [0.1, 0.15) is 5.52 Å². The van der Waals surface area contributed by atoms with Gasteiger partial charge in [0.05, 0.1) is 23.6 Å². The summed E-state index contributed by atoms with van der Waals surface area (Å²) in [6.45, 7) is 3.29. The van der Waals surface area contributed by atoms with Crippen LogP contribution in [0.3, 0.4) is 0 Å². The van der Waals surface area contributed by atoms with Crippen molar-refractivity contribution in [3.8, 4) is 0 Å². The zero-order valence-electron chi connectivity index (χ0n) is 11.3. The SMILES string of the molecule is CCCCCCn1cnc2cnc3ccccc3c21. The average molecular weight is 253 g/mol. The van der Waals surface area contributed by atoms with Crippen LogP contribution in [0, 0.1) is 0 Å². The summed E-state index contributed by atoms with van der Waals surface area (Å²) in [6.07, 6.45) is 8.92. The van der Waals surface area contributed by atoms with Crippen LogP contribution in [-0.2, 0) is 6.54 Å². The average Bonchev–Trinajstić information content (AvgIpc) is 2.87. The number of aryl methyl sites for hydroxylation is 1. The number of fused-ring (bicyclic) bond motifs is 3. The van der Waals surface area contributed by atoms with Crippen LogP contribution in [0.15, 0.2) is 36.8 Å². The number of nitrogens with zero attached hydrogens (tertiary/aromatic N) is 3. The van der Waals surface area contributed by atoms with Crippen LogP contribution in [0.4, 0.5) is 0 Å². The lowest BCUT2D eigenvalue weighted by atomic mass is 10.2. The first kappa shape index (κ1) is 12.2. The second-order valence-electron chi connectivity index (χ2n) is 5.01. The molecule has 0 amide bonds. The van der Waals surface area contributed by atoms with Gasteiger partial charge in [0.25, 0.3) is 0 Å². The van der Waals surface area contributed by atoms with Crippen LogP contribution in [-0.4, -0.2) is 14.5 Å². The van der Waals surface area contributed by atoms with E-state index < -0.39 is 0 Å². The largest absolute Gasteiger partial charge is 0.330 e. The third-order valence-electron chi connectivity index (χ3n) is 3.60. The van der Waals surface area contributed by atoms with Gasteiger partial charge in [-0.05, 0) is 12.5 Å². The summed E-state index contributed by atoms with van der Waals surface area (Å²) in [4.78, 5) is 8.92. The molecule has 0 aliphatic rings. The van der Waals surface area contributed by atoms with E-state index in [1.807, 2.05) is 18.6 Å². The van der Waals surface area contributed by atoms with Crippen LogP contribution >= 0.6 is 0 Å². The summed E-state index contributed by atoms with van der Waals surface area (Å²) in [5.41, 5.74) is 3.27. The number of pyridine rings is 1. The summed E-state index contributed by atoms with van der Waals surface area (Å²) >= 11 is 0. The summed E-state index contributed by atoms with van der Waals surface area (Å²) < 4.78 is 2.27. The molecule has 2 aromatic heterocycles. The van der Waals surface area contributed by atoms with Crippen molar-refractivity contribution in [1.82, 2.24) is 14.5 Å². The summed E-state index contributed by atoms with van der Waals surface area (Å²) in [5.74, 6) is 0. The highest BCUT2D eigenvalue weighted by Gasteiger charge is 2.07. The normalized spacial score (nSPS) is 11.4. The third kappa shape index (κ3) is 2.33. The smallest absolute Gasteiger partial charge is 0.107 e. The molecule has 0 aliphatic heterocycles. The highest BCUT2D eigenvalue weighted by atomic mass is 15.0. The number of unbranched alkanes of at least 4 members (excludes halogenated alkanes) is 3. The van der Waals surface area contributed by atoms with Gasteiger partial charge in [-0.15, -0.1) is 0 Å². The van der Waals surface area contributed by atoms with Crippen molar-refractivity contribution in [2.45, 2.75) is 39.2 Å². The minimum Gasteiger partial charge on any atom is -0.330 e. The molecule has 0 atom stereocenters. The van der Waals surface area contributed by atoms with Crippen molar-refractivity contribution in [2.75, 3.05) is 0 Å². The van der Waals surface area contributed by atoms with Gasteiger partial charge >= 0.3 is 0 Å². The van der Waals surface area contributed by atoms with Crippen molar-refractivity contribution >= 4 is 21.9 Å². The molecule has 0 bridgehead atoms. The van der Waals surface area contributed by atoms with Gasteiger partial charge in [-0.25, -0.2) is 4.98 Å². The molecule has 98 valence electrons. The van der Waals surface area contributed by atoms with Gasteiger partial charge in [-0.2, -0.15) is 0 Å². The van der Waals surface area contributed by atoms with Gasteiger partial charge in [0.15, 0.2) is 0 Å². The number of imidazole rings is 1. The molecule has 19 heavy (non-hydrogen) atoms. The van der Waals surface area contributed by atoms with E-state index in [9.17, 15) is 0 Å². The zero-order valence-corrected chi connectivity index (χ0v) is 11.3. The van der Waals surface area contributed by atoms with Crippen molar-refractivity contribution in [2.24, 2.45) is 0 Å². The summed E-state index contributed by atoms with van der Waals surface area (Å²) in [7, 11) is 0. The molecule has 0 fully saturated rings. The maximum atomic E-state index is 4.47. The Bertz CT molecular complexity index is 685. The topological polar surface area (TPSA) is 30.7 Å². The zero-order chi connectivity index (χ0) is 13.1. The van der Waals surface area contributed by atoms with Gasteiger partial charge in [-0.3, -0.25) is 4.98 Å². The molecular weight excluding hydrogens is 234 g/mol. The van der Waals surface area contributed by atoms with E-state index in [0.717, 1.165) is 17.6 Å². The van der Waals surface area contributed by atoms with E-state index >= 15 is 0 Å². The monoisotopic (exact) mass is 253 g/mol. The maximum Gasteiger partial charge on any atom is 0.107 e. The molecule has 0 saturated heterocycles. The van der Waals surface area contributed by atoms with Gasteiger partial charge in [0.2, 0.25) is 0 Å². The molecule has 3 heteroatoms. The predicted octanol–water partition coefficient (Wildman–Crippen LogP) is 4.16. The predicted molar refractivity (Wildman–Crippen MR) is 79.2 cm³/mol. The van der Waals surface area contributed by atoms with Crippen LogP contribution in [0.2, 0.25) is 0 Å². The van der Waals surface area contributed by atoms with Crippen LogP contribution in [0.1, 0.15) is 32.6 Å². The van der Waals surface area contributed by atoms with Crippen molar-refractivity contribution in [1.29, 1.82) is 0 Å².